The van der Waals surface area contributed by atoms with Gasteiger partial charge in [-0.05, 0) is 79.1 Å². The van der Waals surface area contributed by atoms with E-state index in [2.05, 4.69) is 27.7 Å². The minimum absolute atomic E-state index is 0.00939. The summed E-state index contributed by atoms with van der Waals surface area (Å²) in [4.78, 5) is 52.4. The van der Waals surface area contributed by atoms with Crippen LogP contribution in [0.1, 0.15) is 93.4 Å². The zero-order chi connectivity index (χ0) is 27.6. The summed E-state index contributed by atoms with van der Waals surface area (Å²) in [5.74, 6) is -3.05. The van der Waals surface area contributed by atoms with E-state index < -0.39 is 39.0 Å². The third-order valence-electron chi connectivity index (χ3n) is 12.4. The Balaban J connectivity index is 1.71. The van der Waals surface area contributed by atoms with Gasteiger partial charge in [0.05, 0.1) is 11.0 Å². The molecule has 0 aromatic carbocycles. The zero-order valence-corrected chi connectivity index (χ0v) is 23.4. The maximum absolute atomic E-state index is 14.2. The van der Waals surface area contributed by atoms with Gasteiger partial charge in [-0.1, -0.05) is 60.1 Å². The van der Waals surface area contributed by atoms with E-state index in [1.807, 2.05) is 20.8 Å². The molecule has 2 N–H and O–H groups in total. The number of carbonyl (C=O) groups excluding carboxylic acids is 2. The molecule has 5 aliphatic rings. The third-order valence-corrected chi connectivity index (χ3v) is 12.4. The largest absolute Gasteiger partial charge is 0.481 e. The van der Waals surface area contributed by atoms with Gasteiger partial charge in [0, 0.05) is 16.7 Å². The number of Topliss-reactive ketones (excluding diaryl/α,β-unsaturated/α-hetero) is 1. The fraction of sp³-hybridized carbons (Fsp3) is 0.742. The van der Waals surface area contributed by atoms with Crippen LogP contribution in [0, 0.1) is 50.2 Å². The number of ketones is 2. The van der Waals surface area contributed by atoms with E-state index in [0.717, 1.165) is 31.3 Å². The monoisotopic (exact) mass is 510 g/mol. The van der Waals surface area contributed by atoms with Crippen molar-refractivity contribution in [1.82, 2.24) is 0 Å². The number of carboxylic acids is 2. The van der Waals surface area contributed by atoms with Gasteiger partial charge < -0.3 is 10.2 Å². The van der Waals surface area contributed by atoms with E-state index in [-0.39, 0.29) is 40.3 Å². The van der Waals surface area contributed by atoms with Gasteiger partial charge in [0.2, 0.25) is 0 Å². The van der Waals surface area contributed by atoms with Crippen molar-refractivity contribution < 1.29 is 29.4 Å². The molecule has 0 aliphatic heterocycles. The second-order valence-corrected chi connectivity index (χ2v) is 14.9. The summed E-state index contributed by atoms with van der Waals surface area (Å²) in [7, 11) is 0. The van der Waals surface area contributed by atoms with Crippen molar-refractivity contribution in [3.8, 4) is 0 Å². The molecule has 2 unspecified atom stereocenters. The van der Waals surface area contributed by atoms with Crippen molar-refractivity contribution in [3.05, 3.63) is 23.3 Å². The maximum Gasteiger partial charge on any atom is 0.339 e. The lowest BCUT2D eigenvalue weighted by Crippen LogP contribution is -2.65. The van der Waals surface area contributed by atoms with Crippen LogP contribution in [0.4, 0.5) is 0 Å². The summed E-state index contributed by atoms with van der Waals surface area (Å²) < 4.78 is 0. The number of carbonyl (C=O) groups is 4. The number of hydrogen-bond donors (Lipinski definition) is 2. The number of rotatable bonds is 2. The van der Waals surface area contributed by atoms with Crippen molar-refractivity contribution in [2.75, 3.05) is 0 Å². The molecule has 0 amide bonds. The van der Waals surface area contributed by atoms with Crippen LogP contribution in [0.5, 0.6) is 0 Å². The lowest BCUT2D eigenvalue weighted by molar-refractivity contribution is -0.188. The van der Waals surface area contributed by atoms with E-state index >= 15 is 0 Å². The second-order valence-electron chi connectivity index (χ2n) is 14.9. The van der Waals surface area contributed by atoms with Crippen molar-refractivity contribution in [2.45, 2.75) is 93.4 Å². The van der Waals surface area contributed by atoms with Gasteiger partial charge in [-0.3, -0.25) is 14.4 Å². The van der Waals surface area contributed by atoms with Crippen LogP contribution in [0.15, 0.2) is 23.3 Å². The van der Waals surface area contributed by atoms with E-state index in [1.165, 1.54) is 0 Å². The Labute approximate surface area is 220 Å². The van der Waals surface area contributed by atoms with Gasteiger partial charge in [-0.25, -0.2) is 4.79 Å². The van der Waals surface area contributed by atoms with Crippen molar-refractivity contribution >= 4 is 23.5 Å². The van der Waals surface area contributed by atoms with E-state index in [9.17, 15) is 29.4 Å². The topological polar surface area (TPSA) is 109 Å². The summed E-state index contributed by atoms with van der Waals surface area (Å²) in [5, 5.41) is 20.4. The predicted molar refractivity (Wildman–Crippen MR) is 139 cm³/mol. The van der Waals surface area contributed by atoms with E-state index in [1.54, 1.807) is 12.2 Å². The molecule has 5 aliphatic carbocycles. The molecule has 202 valence electrons. The molecule has 0 aromatic rings. The first-order chi connectivity index (χ1) is 16.9. The highest BCUT2D eigenvalue weighted by Crippen LogP contribution is 2.74. The van der Waals surface area contributed by atoms with Gasteiger partial charge in [0.15, 0.2) is 11.6 Å². The van der Waals surface area contributed by atoms with Crippen LogP contribution in [-0.4, -0.2) is 33.7 Å². The lowest BCUT2D eigenvalue weighted by Gasteiger charge is -2.68. The molecule has 0 saturated heterocycles. The van der Waals surface area contributed by atoms with Gasteiger partial charge >= 0.3 is 11.9 Å². The normalized spacial score (nSPS) is 45.9. The average molecular weight is 511 g/mol. The van der Waals surface area contributed by atoms with Crippen molar-refractivity contribution in [1.29, 1.82) is 0 Å². The fourth-order valence-corrected chi connectivity index (χ4v) is 10.1. The number of fused-ring (bicyclic) bond motifs is 7. The van der Waals surface area contributed by atoms with Crippen molar-refractivity contribution in [2.24, 2.45) is 50.2 Å². The average Bonchev–Trinajstić information content (AvgIpc) is 2.77. The molecule has 37 heavy (non-hydrogen) atoms. The standard InChI is InChI=1S/C31H42O6/c1-26(2)10-12-31(25(36)37)13-11-30(7)22(18(31)16-26)19(32)14-21-28(5)15-17(24(34)35)23(33)27(3,4)20(28)8-9-29(21,30)6/h14-15,18,20,22H,8-13,16H2,1-7H3,(H,34,35)(H,36,37)/t18?,20-,22?,28-,29+,30+,31-/m0/s1. The second kappa shape index (κ2) is 7.45. The summed E-state index contributed by atoms with van der Waals surface area (Å²) in [5.41, 5.74) is -2.58. The maximum atomic E-state index is 14.2. The SMILES string of the molecule is CC1(C)CC[C@]2(C(=O)O)CC[C@]3(C)C(C(=O)C=C4[C@@]5(C)C=C(C(=O)O)C(=O)C(C)(C)[C@@H]5CC[C@]43C)C2C1. The summed E-state index contributed by atoms with van der Waals surface area (Å²) in [6.07, 6.45) is 8.33. The van der Waals surface area contributed by atoms with E-state index in [0.29, 0.717) is 19.3 Å². The molecule has 6 heteroatoms. The van der Waals surface area contributed by atoms with E-state index in [4.69, 9.17) is 0 Å². The first-order valence-corrected chi connectivity index (χ1v) is 13.9. The summed E-state index contributed by atoms with van der Waals surface area (Å²) in [6.45, 7) is 14.5. The minimum Gasteiger partial charge on any atom is -0.481 e. The molecule has 6 nitrogen and oxygen atoms in total. The Morgan fingerprint density at radius 2 is 1.51 bits per heavy atom. The minimum atomic E-state index is -1.22. The molecule has 0 heterocycles. The van der Waals surface area contributed by atoms with Crippen molar-refractivity contribution in [3.63, 3.8) is 0 Å². The number of hydrogen-bond acceptors (Lipinski definition) is 4. The molecule has 3 fully saturated rings. The molecule has 7 atom stereocenters. The summed E-state index contributed by atoms with van der Waals surface area (Å²) >= 11 is 0. The number of carboxylic acid groups (broad SMARTS) is 2. The molecule has 0 bridgehead atoms. The van der Waals surface area contributed by atoms with Crippen LogP contribution < -0.4 is 0 Å². The molecule has 5 rings (SSSR count). The van der Waals surface area contributed by atoms with Crippen LogP contribution in [-0.2, 0) is 19.2 Å². The fourth-order valence-electron chi connectivity index (χ4n) is 10.1. The summed E-state index contributed by atoms with van der Waals surface area (Å²) in [6, 6.07) is 0. The highest BCUT2D eigenvalue weighted by atomic mass is 16.4. The smallest absolute Gasteiger partial charge is 0.339 e. The number of aliphatic carboxylic acids is 2. The van der Waals surface area contributed by atoms with Gasteiger partial charge in [0.25, 0.3) is 0 Å². The Morgan fingerprint density at radius 1 is 0.892 bits per heavy atom. The van der Waals surface area contributed by atoms with Crippen LogP contribution in [0.2, 0.25) is 0 Å². The molecule has 0 spiro atoms. The predicted octanol–water partition coefficient (Wildman–Crippen LogP) is 5.85. The third kappa shape index (κ3) is 3.10. The lowest BCUT2D eigenvalue weighted by atomic mass is 9.34. The molecule has 0 aromatic heterocycles. The highest BCUT2D eigenvalue weighted by Gasteiger charge is 2.71. The molecular weight excluding hydrogens is 468 g/mol. The Hall–Kier alpha value is -2.24. The Morgan fingerprint density at radius 3 is 2.11 bits per heavy atom. The first-order valence-electron chi connectivity index (χ1n) is 13.9. The van der Waals surface area contributed by atoms with Gasteiger partial charge in [-0.2, -0.15) is 0 Å². The van der Waals surface area contributed by atoms with Gasteiger partial charge in [-0.15, -0.1) is 0 Å². The highest BCUT2D eigenvalue weighted by molar-refractivity contribution is 6.19. The zero-order valence-electron chi connectivity index (χ0n) is 23.4. The van der Waals surface area contributed by atoms with Gasteiger partial charge in [0.1, 0.15) is 0 Å². The Bertz CT molecular complexity index is 1190. The molecular formula is C31H42O6. The Kier molecular flexibility index (Phi) is 5.31. The van der Waals surface area contributed by atoms with Crippen LogP contribution >= 0.6 is 0 Å². The molecule has 0 radical (unpaired) electrons. The quantitative estimate of drug-likeness (QED) is 0.451. The van der Waals surface area contributed by atoms with Crippen LogP contribution in [0.3, 0.4) is 0 Å². The van der Waals surface area contributed by atoms with Crippen LogP contribution in [0.25, 0.3) is 0 Å². The first kappa shape index (κ1) is 26.4. The molecule has 3 saturated carbocycles. The number of allylic oxidation sites excluding steroid dienone is 3.